The maximum atomic E-state index is 9.67. The first kappa shape index (κ1) is 15.3. The Morgan fingerprint density at radius 2 is 2.05 bits per heavy atom. The van der Waals surface area contributed by atoms with E-state index in [1.54, 1.807) is 0 Å². The van der Waals surface area contributed by atoms with Crippen LogP contribution in [0.5, 0.6) is 5.75 Å². The minimum atomic E-state index is 0.262. The first-order valence-corrected chi connectivity index (χ1v) is 8.21. The summed E-state index contributed by atoms with van der Waals surface area (Å²) in [7, 11) is 2.19. The third kappa shape index (κ3) is 4.45. The summed E-state index contributed by atoms with van der Waals surface area (Å²) in [4.78, 5) is 2.41. The van der Waals surface area contributed by atoms with Crippen LogP contribution in [0.15, 0.2) is 21.1 Å². The summed E-state index contributed by atoms with van der Waals surface area (Å²) >= 11 is 6.72. The Kier molecular flexibility index (Phi) is 5.69. The second-order valence-electron chi connectivity index (χ2n) is 5.31. The first-order valence-electron chi connectivity index (χ1n) is 6.62. The highest BCUT2D eigenvalue weighted by molar-refractivity contribution is 9.11. The Morgan fingerprint density at radius 3 is 2.68 bits per heavy atom. The fraction of sp³-hybridized carbons (Fsp3) is 0.571. The number of aromatic hydroxyl groups is 1. The van der Waals surface area contributed by atoms with E-state index in [1.165, 1.54) is 31.5 Å². The number of phenols is 1. The van der Waals surface area contributed by atoms with E-state index in [-0.39, 0.29) is 5.75 Å². The van der Waals surface area contributed by atoms with Crippen LogP contribution in [-0.4, -0.2) is 36.7 Å². The molecule has 1 aromatic rings. The highest BCUT2D eigenvalue weighted by atomic mass is 79.9. The normalized spacial score (nSPS) is 20.7. The van der Waals surface area contributed by atoms with E-state index in [9.17, 15) is 5.11 Å². The molecule has 0 bridgehead atoms. The van der Waals surface area contributed by atoms with E-state index in [1.807, 2.05) is 12.1 Å². The minimum Gasteiger partial charge on any atom is -0.506 e. The smallest absolute Gasteiger partial charge is 0.143 e. The number of benzene rings is 1. The predicted octanol–water partition coefficient (Wildman–Crippen LogP) is 3.35. The fourth-order valence-corrected chi connectivity index (χ4v) is 3.86. The number of halogens is 2. The lowest BCUT2D eigenvalue weighted by Gasteiger charge is -2.29. The largest absolute Gasteiger partial charge is 0.506 e. The number of nitrogens with zero attached hydrogens (tertiary/aromatic N) is 1. The van der Waals surface area contributed by atoms with Crippen LogP contribution in [0.1, 0.15) is 18.4 Å². The number of phenolic OH excluding ortho intramolecular Hbond substituents is 1. The van der Waals surface area contributed by atoms with Crippen LogP contribution < -0.4 is 5.32 Å². The van der Waals surface area contributed by atoms with Crippen molar-refractivity contribution in [1.29, 1.82) is 0 Å². The van der Waals surface area contributed by atoms with Crippen molar-refractivity contribution in [2.45, 2.75) is 19.4 Å². The van der Waals surface area contributed by atoms with Crippen LogP contribution in [0, 0.1) is 5.92 Å². The van der Waals surface area contributed by atoms with Crippen molar-refractivity contribution in [3.63, 3.8) is 0 Å². The average Bonchev–Trinajstić information content (AvgIpc) is 2.36. The Labute approximate surface area is 131 Å². The molecule has 3 nitrogen and oxygen atoms in total. The lowest BCUT2D eigenvalue weighted by molar-refractivity contribution is 0.206. The standard InChI is InChI=1S/C14H20Br2N2O/c1-18-4-2-3-10(9-18)7-17-8-11-5-12(15)14(19)13(16)6-11/h5-6,10,17,19H,2-4,7-9H2,1H3. The van der Waals surface area contributed by atoms with E-state index in [4.69, 9.17) is 0 Å². The van der Waals surface area contributed by atoms with Crippen molar-refractivity contribution in [2.24, 2.45) is 5.92 Å². The summed E-state index contributed by atoms with van der Waals surface area (Å²) in [5.74, 6) is 1.01. The second kappa shape index (κ2) is 7.07. The summed E-state index contributed by atoms with van der Waals surface area (Å²) in [5, 5.41) is 13.2. The lowest BCUT2D eigenvalue weighted by Crippen LogP contribution is -2.37. The molecule has 1 unspecified atom stereocenters. The van der Waals surface area contributed by atoms with Crippen molar-refractivity contribution < 1.29 is 5.11 Å². The van der Waals surface area contributed by atoms with Gasteiger partial charge in [0, 0.05) is 13.1 Å². The molecule has 0 aliphatic carbocycles. The molecule has 19 heavy (non-hydrogen) atoms. The topological polar surface area (TPSA) is 35.5 Å². The van der Waals surface area contributed by atoms with Crippen molar-refractivity contribution in [3.05, 3.63) is 26.6 Å². The monoisotopic (exact) mass is 390 g/mol. The third-order valence-electron chi connectivity index (χ3n) is 3.56. The van der Waals surface area contributed by atoms with Crippen molar-refractivity contribution in [3.8, 4) is 5.75 Å². The van der Waals surface area contributed by atoms with Crippen LogP contribution in [0.3, 0.4) is 0 Å². The van der Waals surface area contributed by atoms with Crippen molar-refractivity contribution in [2.75, 3.05) is 26.7 Å². The quantitative estimate of drug-likeness (QED) is 0.826. The third-order valence-corrected chi connectivity index (χ3v) is 4.77. The molecule has 0 aromatic heterocycles. The molecule has 0 spiro atoms. The predicted molar refractivity (Wildman–Crippen MR) is 85.4 cm³/mol. The molecule has 1 atom stereocenters. The van der Waals surface area contributed by atoms with Crippen LogP contribution in [0.2, 0.25) is 0 Å². The summed E-state index contributed by atoms with van der Waals surface area (Å²) in [5.41, 5.74) is 1.17. The molecule has 0 saturated carbocycles. The Morgan fingerprint density at radius 1 is 1.37 bits per heavy atom. The molecule has 2 N–H and O–H groups in total. The van der Waals surface area contributed by atoms with E-state index in [0.29, 0.717) is 0 Å². The second-order valence-corrected chi connectivity index (χ2v) is 7.02. The van der Waals surface area contributed by atoms with Gasteiger partial charge in [-0.25, -0.2) is 0 Å². The summed E-state index contributed by atoms with van der Waals surface area (Å²) in [6.07, 6.45) is 2.62. The molecule has 106 valence electrons. The van der Waals surface area contributed by atoms with Gasteiger partial charge in [0.1, 0.15) is 5.75 Å². The van der Waals surface area contributed by atoms with Crippen molar-refractivity contribution >= 4 is 31.9 Å². The van der Waals surface area contributed by atoms with Gasteiger partial charge in [0.25, 0.3) is 0 Å². The van der Waals surface area contributed by atoms with Crippen LogP contribution in [0.25, 0.3) is 0 Å². The molecule has 1 aliphatic heterocycles. The van der Waals surface area contributed by atoms with Gasteiger partial charge in [0.15, 0.2) is 0 Å². The fourth-order valence-electron chi connectivity index (χ4n) is 2.58. The molecule has 1 heterocycles. The number of hydrogen-bond donors (Lipinski definition) is 2. The van der Waals surface area contributed by atoms with Gasteiger partial charge >= 0.3 is 0 Å². The zero-order chi connectivity index (χ0) is 13.8. The molecule has 1 fully saturated rings. The van der Waals surface area contributed by atoms with Gasteiger partial charge in [-0.2, -0.15) is 0 Å². The molecule has 5 heteroatoms. The van der Waals surface area contributed by atoms with Crippen LogP contribution >= 0.6 is 31.9 Å². The zero-order valence-corrected chi connectivity index (χ0v) is 14.3. The Hall–Kier alpha value is -0.100. The summed E-state index contributed by atoms with van der Waals surface area (Å²) < 4.78 is 1.46. The van der Waals surface area contributed by atoms with E-state index in [0.717, 1.165) is 28.0 Å². The van der Waals surface area contributed by atoms with Gasteiger partial charge in [-0.1, -0.05) is 0 Å². The molecular weight excluding hydrogens is 372 g/mol. The lowest BCUT2D eigenvalue weighted by atomic mass is 9.98. The maximum absolute atomic E-state index is 9.67. The zero-order valence-electron chi connectivity index (χ0n) is 11.1. The molecule has 1 aromatic carbocycles. The first-order chi connectivity index (χ1) is 9.06. The van der Waals surface area contributed by atoms with E-state index < -0.39 is 0 Å². The minimum absolute atomic E-state index is 0.262. The van der Waals surface area contributed by atoms with Gasteiger partial charge in [-0.3, -0.25) is 0 Å². The van der Waals surface area contributed by atoms with Gasteiger partial charge in [0.05, 0.1) is 8.95 Å². The van der Waals surface area contributed by atoms with Gasteiger partial charge in [-0.05, 0) is 88.5 Å². The maximum Gasteiger partial charge on any atom is 0.143 e. The summed E-state index contributed by atoms with van der Waals surface area (Å²) in [6, 6.07) is 3.92. The number of nitrogens with one attached hydrogen (secondary N) is 1. The number of likely N-dealkylation sites (tertiary alicyclic amines) is 1. The molecule has 1 aliphatic rings. The molecule has 2 rings (SSSR count). The SMILES string of the molecule is CN1CCCC(CNCc2cc(Br)c(O)c(Br)c2)C1. The molecule has 1 saturated heterocycles. The number of piperidine rings is 1. The van der Waals surface area contributed by atoms with Gasteiger partial charge in [0.2, 0.25) is 0 Å². The Balaban J connectivity index is 1.82. The summed E-state index contributed by atoms with van der Waals surface area (Å²) in [6.45, 7) is 4.31. The van der Waals surface area contributed by atoms with Crippen molar-refractivity contribution in [1.82, 2.24) is 10.2 Å². The van der Waals surface area contributed by atoms with Crippen LogP contribution in [0.4, 0.5) is 0 Å². The molecule has 0 amide bonds. The number of hydrogen-bond acceptors (Lipinski definition) is 3. The van der Waals surface area contributed by atoms with E-state index >= 15 is 0 Å². The molecule has 0 radical (unpaired) electrons. The van der Waals surface area contributed by atoms with Gasteiger partial charge in [-0.15, -0.1) is 0 Å². The number of rotatable bonds is 4. The highest BCUT2D eigenvalue weighted by Gasteiger charge is 2.16. The molecular formula is C14H20Br2N2O. The van der Waals surface area contributed by atoms with Gasteiger partial charge < -0.3 is 15.3 Å². The Bertz CT molecular complexity index is 416. The average molecular weight is 392 g/mol. The van der Waals surface area contributed by atoms with Crippen LogP contribution in [-0.2, 0) is 6.54 Å². The highest BCUT2D eigenvalue weighted by Crippen LogP contribution is 2.33. The van der Waals surface area contributed by atoms with E-state index in [2.05, 4.69) is 49.1 Å².